The second kappa shape index (κ2) is 9.57. The van der Waals surface area contributed by atoms with Crippen molar-refractivity contribution in [1.29, 1.82) is 0 Å². The molecule has 2 aromatic carbocycles. The highest BCUT2D eigenvalue weighted by atomic mass is 16.2. The maximum absolute atomic E-state index is 12.7. The Morgan fingerprint density at radius 2 is 1.03 bits per heavy atom. The van der Waals surface area contributed by atoms with Crippen LogP contribution >= 0.6 is 0 Å². The zero-order valence-corrected chi connectivity index (χ0v) is 18.2. The van der Waals surface area contributed by atoms with Crippen molar-refractivity contribution in [3.05, 3.63) is 82.9 Å². The molecule has 0 saturated carbocycles. The largest absolute Gasteiger partial charge is 0.333 e. The number of carbonyl (C=O) groups excluding carboxylic acids is 2. The molecular weight excluding hydrogens is 372 g/mol. The third kappa shape index (κ3) is 5.47. The number of piperazine rings is 1. The van der Waals surface area contributed by atoms with Crippen molar-refractivity contribution in [2.24, 2.45) is 0 Å². The predicted octanol–water partition coefficient (Wildman–Crippen LogP) is 4.48. The first-order valence-corrected chi connectivity index (χ1v) is 10.4. The highest BCUT2D eigenvalue weighted by Gasteiger charge is 2.32. The summed E-state index contributed by atoms with van der Waals surface area (Å²) in [6.07, 6.45) is 6.95. The molecule has 0 bridgehead atoms. The average Bonchev–Trinajstić information content (AvgIpc) is 2.73. The van der Waals surface area contributed by atoms with E-state index in [1.165, 1.54) is 11.1 Å². The van der Waals surface area contributed by atoms with Crippen molar-refractivity contribution in [2.45, 2.75) is 39.8 Å². The summed E-state index contributed by atoms with van der Waals surface area (Å²) in [5.41, 5.74) is 4.39. The van der Waals surface area contributed by atoms with Gasteiger partial charge in [0.1, 0.15) is 0 Å². The van der Waals surface area contributed by atoms with Gasteiger partial charge in [0, 0.05) is 37.3 Å². The molecule has 4 heteroatoms. The maximum Gasteiger partial charge on any atom is 0.246 e. The van der Waals surface area contributed by atoms with Gasteiger partial charge in [0.2, 0.25) is 11.8 Å². The molecule has 0 spiro atoms. The molecule has 4 nitrogen and oxygen atoms in total. The molecule has 0 unspecified atom stereocenters. The lowest BCUT2D eigenvalue weighted by atomic mass is 10.1. The number of hydrogen-bond donors (Lipinski definition) is 0. The number of hydrogen-bond acceptors (Lipinski definition) is 2. The van der Waals surface area contributed by atoms with Crippen LogP contribution in [0.4, 0.5) is 0 Å². The first-order valence-electron chi connectivity index (χ1n) is 10.4. The van der Waals surface area contributed by atoms with Gasteiger partial charge in [0.15, 0.2) is 0 Å². The van der Waals surface area contributed by atoms with Crippen LogP contribution in [0.5, 0.6) is 0 Å². The van der Waals surface area contributed by atoms with Gasteiger partial charge in [-0.2, -0.15) is 0 Å². The Labute approximate surface area is 179 Å². The SMILES string of the molecule is Cc1ccc(/C=C\C(=O)N2C[C@H](C)N(C(=O)/C=C\c3ccc(C)cc3)C[C@@H]2C)cc1. The van der Waals surface area contributed by atoms with E-state index < -0.39 is 0 Å². The van der Waals surface area contributed by atoms with E-state index in [9.17, 15) is 9.59 Å². The van der Waals surface area contributed by atoms with Crippen LogP contribution in [0.3, 0.4) is 0 Å². The summed E-state index contributed by atoms with van der Waals surface area (Å²) in [7, 11) is 0. The van der Waals surface area contributed by atoms with Crippen LogP contribution in [-0.4, -0.2) is 46.8 Å². The zero-order chi connectivity index (χ0) is 21.7. The van der Waals surface area contributed by atoms with Crippen LogP contribution < -0.4 is 0 Å². The molecule has 0 radical (unpaired) electrons. The van der Waals surface area contributed by atoms with E-state index in [2.05, 4.69) is 0 Å². The average molecular weight is 403 g/mol. The van der Waals surface area contributed by atoms with Gasteiger partial charge >= 0.3 is 0 Å². The van der Waals surface area contributed by atoms with Crippen molar-refractivity contribution in [3.63, 3.8) is 0 Å². The van der Waals surface area contributed by atoms with E-state index >= 15 is 0 Å². The number of carbonyl (C=O) groups is 2. The normalized spacial score (nSPS) is 19.6. The van der Waals surface area contributed by atoms with Crippen LogP contribution in [0.25, 0.3) is 12.2 Å². The molecule has 1 aliphatic rings. The summed E-state index contributed by atoms with van der Waals surface area (Å²) in [6, 6.07) is 16.1. The molecule has 1 fully saturated rings. The Morgan fingerprint density at radius 3 is 1.37 bits per heavy atom. The first kappa shape index (κ1) is 21.6. The van der Waals surface area contributed by atoms with Gasteiger partial charge in [0.25, 0.3) is 0 Å². The molecule has 1 saturated heterocycles. The fourth-order valence-electron chi connectivity index (χ4n) is 3.62. The number of amides is 2. The lowest BCUT2D eigenvalue weighted by molar-refractivity contribution is -0.139. The van der Waals surface area contributed by atoms with Gasteiger partial charge < -0.3 is 9.80 Å². The van der Waals surface area contributed by atoms with Crippen molar-refractivity contribution in [1.82, 2.24) is 9.80 Å². The molecule has 1 aliphatic heterocycles. The van der Waals surface area contributed by atoms with Crippen molar-refractivity contribution < 1.29 is 9.59 Å². The third-order valence-corrected chi connectivity index (χ3v) is 5.54. The van der Waals surface area contributed by atoms with Crippen molar-refractivity contribution >= 4 is 24.0 Å². The van der Waals surface area contributed by atoms with Gasteiger partial charge in [-0.15, -0.1) is 0 Å². The predicted molar refractivity (Wildman–Crippen MR) is 123 cm³/mol. The minimum Gasteiger partial charge on any atom is -0.333 e. The topological polar surface area (TPSA) is 40.6 Å². The number of nitrogens with zero attached hydrogens (tertiary/aromatic N) is 2. The maximum atomic E-state index is 12.7. The summed E-state index contributed by atoms with van der Waals surface area (Å²) in [6.45, 7) is 9.13. The molecule has 0 N–H and O–H groups in total. The molecular formula is C26H30N2O2. The van der Waals surface area contributed by atoms with Gasteiger partial charge in [-0.25, -0.2) is 0 Å². The lowest BCUT2D eigenvalue weighted by Crippen LogP contribution is -2.59. The molecule has 0 aliphatic carbocycles. The number of benzene rings is 2. The second-order valence-electron chi connectivity index (χ2n) is 8.17. The fourth-order valence-corrected chi connectivity index (χ4v) is 3.62. The van der Waals surface area contributed by atoms with E-state index in [4.69, 9.17) is 0 Å². The summed E-state index contributed by atoms with van der Waals surface area (Å²) < 4.78 is 0. The molecule has 3 rings (SSSR count). The molecule has 0 aromatic heterocycles. The molecule has 1 heterocycles. The first-order chi connectivity index (χ1) is 14.3. The summed E-state index contributed by atoms with van der Waals surface area (Å²) in [5.74, 6) is -0.0329. The minimum absolute atomic E-state index is 0.0165. The van der Waals surface area contributed by atoms with E-state index in [-0.39, 0.29) is 23.9 Å². The quantitative estimate of drug-likeness (QED) is 0.708. The Kier molecular flexibility index (Phi) is 6.88. The highest BCUT2D eigenvalue weighted by molar-refractivity contribution is 5.94. The molecule has 30 heavy (non-hydrogen) atoms. The Bertz CT molecular complexity index is 863. The number of rotatable bonds is 4. The van der Waals surface area contributed by atoms with E-state index in [1.807, 2.05) is 98.2 Å². The minimum atomic E-state index is -0.0342. The summed E-state index contributed by atoms with van der Waals surface area (Å²) in [4.78, 5) is 29.2. The zero-order valence-electron chi connectivity index (χ0n) is 18.2. The third-order valence-electron chi connectivity index (χ3n) is 5.54. The standard InChI is InChI=1S/C26H30N2O2/c1-19-5-9-23(10-6-19)13-15-25(29)27-17-22(4)28(18-21(27)3)26(30)16-14-24-11-7-20(2)8-12-24/h5-16,21-22H,17-18H2,1-4H3/b15-13-,16-14-/t21-,22-/m0/s1. The van der Waals surface area contributed by atoms with Crippen LogP contribution in [0, 0.1) is 13.8 Å². The fraction of sp³-hybridized carbons (Fsp3) is 0.308. The van der Waals surface area contributed by atoms with Gasteiger partial charge in [-0.1, -0.05) is 59.7 Å². The number of aryl methyl sites for hydroxylation is 2. The van der Waals surface area contributed by atoms with E-state index in [0.29, 0.717) is 13.1 Å². The highest BCUT2D eigenvalue weighted by Crippen LogP contribution is 2.17. The van der Waals surface area contributed by atoms with E-state index in [1.54, 1.807) is 12.2 Å². The molecule has 2 aromatic rings. The second-order valence-corrected chi connectivity index (χ2v) is 8.17. The monoisotopic (exact) mass is 402 g/mol. The van der Waals surface area contributed by atoms with E-state index in [0.717, 1.165) is 11.1 Å². The Balaban J connectivity index is 1.61. The lowest BCUT2D eigenvalue weighted by Gasteiger charge is -2.43. The van der Waals surface area contributed by atoms with Gasteiger partial charge in [0.05, 0.1) is 0 Å². The van der Waals surface area contributed by atoms with Gasteiger partial charge in [-0.3, -0.25) is 9.59 Å². The van der Waals surface area contributed by atoms with Crippen molar-refractivity contribution in [3.8, 4) is 0 Å². The van der Waals surface area contributed by atoms with Crippen LogP contribution in [0.15, 0.2) is 60.7 Å². The summed E-state index contributed by atoms with van der Waals surface area (Å²) >= 11 is 0. The summed E-state index contributed by atoms with van der Waals surface area (Å²) in [5, 5.41) is 0. The van der Waals surface area contributed by atoms with Gasteiger partial charge in [-0.05, 0) is 51.0 Å². The molecule has 2 atom stereocenters. The van der Waals surface area contributed by atoms with Crippen LogP contribution in [0.1, 0.15) is 36.1 Å². The smallest absolute Gasteiger partial charge is 0.246 e. The van der Waals surface area contributed by atoms with Crippen molar-refractivity contribution in [2.75, 3.05) is 13.1 Å². The van der Waals surface area contributed by atoms with Crippen LogP contribution in [0.2, 0.25) is 0 Å². The molecule has 2 amide bonds. The van der Waals surface area contributed by atoms with Crippen LogP contribution in [-0.2, 0) is 9.59 Å². The Morgan fingerprint density at radius 1 is 0.700 bits per heavy atom. The molecule has 156 valence electrons. The Hall–Kier alpha value is -3.14.